The van der Waals surface area contributed by atoms with Gasteiger partial charge in [-0.2, -0.15) is 0 Å². The van der Waals surface area contributed by atoms with Gasteiger partial charge in [0.25, 0.3) is 5.91 Å². The molecule has 1 aliphatic rings. The molecule has 110 valence electrons. The molecule has 3 nitrogen and oxygen atoms in total. The van der Waals surface area contributed by atoms with Crippen LogP contribution in [-0.4, -0.2) is 23.9 Å². The van der Waals surface area contributed by atoms with Gasteiger partial charge in [-0.05, 0) is 56.5 Å². The van der Waals surface area contributed by atoms with Gasteiger partial charge in [0.15, 0.2) is 0 Å². The Kier molecular flexibility index (Phi) is 4.02. The van der Waals surface area contributed by atoms with Crippen molar-refractivity contribution in [3.05, 3.63) is 46.7 Å². The highest BCUT2D eigenvalue weighted by atomic mass is 35.5. The van der Waals surface area contributed by atoms with Crippen LogP contribution in [0.1, 0.15) is 35.4 Å². The van der Waals surface area contributed by atoms with Crippen molar-refractivity contribution in [3.63, 3.8) is 0 Å². The summed E-state index contributed by atoms with van der Waals surface area (Å²) in [4.78, 5) is 14.5. The third kappa shape index (κ3) is 2.98. The van der Waals surface area contributed by atoms with Crippen LogP contribution < -0.4 is 0 Å². The second-order valence-corrected chi connectivity index (χ2v) is 5.88. The molecule has 2 aromatic rings. The van der Waals surface area contributed by atoms with Crippen molar-refractivity contribution in [2.45, 2.75) is 26.2 Å². The van der Waals surface area contributed by atoms with Gasteiger partial charge in [-0.25, -0.2) is 0 Å². The summed E-state index contributed by atoms with van der Waals surface area (Å²) in [5, 5.41) is 0.687. The van der Waals surface area contributed by atoms with Crippen LogP contribution in [0.3, 0.4) is 0 Å². The van der Waals surface area contributed by atoms with Crippen molar-refractivity contribution in [3.8, 4) is 11.3 Å². The minimum Gasteiger partial charge on any atom is -0.461 e. The smallest absolute Gasteiger partial charge is 0.257 e. The molecule has 1 aliphatic heterocycles. The van der Waals surface area contributed by atoms with E-state index in [-0.39, 0.29) is 5.91 Å². The van der Waals surface area contributed by atoms with Gasteiger partial charge in [-0.3, -0.25) is 4.79 Å². The molecule has 0 radical (unpaired) electrons. The molecule has 1 aromatic heterocycles. The highest BCUT2D eigenvalue weighted by molar-refractivity contribution is 6.30. The first-order valence-corrected chi connectivity index (χ1v) is 7.68. The van der Waals surface area contributed by atoms with E-state index in [1.165, 1.54) is 6.42 Å². The number of hydrogen-bond acceptors (Lipinski definition) is 2. The number of benzene rings is 1. The van der Waals surface area contributed by atoms with E-state index in [2.05, 4.69) is 0 Å². The van der Waals surface area contributed by atoms with Crippen LogP contribution >= 0.6 is 11.6 Å². The highest BCUT2D eigenvalue weighted by Crippen LogP contribution is 2.27. The van der Waals surface area contributed by atoms with E-state index in [0.717, 1.165) is 31.5 Å². The van der Waals surface area contributed by atoms with E-state index in [1.54, 1.807) is 0 Å². The van der Waals surface area contributed by atoms with Gasteiger partial charge in [0.2, 0.25) is 0 Å². The number of amides is 1. The maximum absolute atomic E-state index is 12.6. The molecule has 2 heterocycles. The molecule has 1 aromatic carbocycles. The summed E-state index contributed by atoms with van der Waals surface area (Å²) in [5.41, 5.74) is 1.60. The number of nitrogens with zero attached hydrogens (tertiary/aromatic N) is 1. The molecule has 1 saturated heterocycles. The monoisotopic (exact) mass is 303 g/mol. The molecule has 0 bridgehead atoms. The fourth-order valence-corrected chi connectivity index (χ4v) is 2.84. The van der Waals surface area contributed by atoms with Gasteiger partial charge in [0, 0.05) is 23.7 Å². The molecule has 0 aliphatic carbocycles. The number of halogens is 1. The SMILES string of the molecule is Cc1oc(-c2ccc(Cl)cc2)cc1C(=O)N1CCCCC1. The van der Waals surface area contributed by atoms with Crippen LogP contribution in [0.5, 0.6) is 0 Å². The Morgan fingerprint density at radius 1 is 1.14 bits per heavy atom. The Bertz CT molecular complexity index is 639. The van der Waals surface area contributed by atoms with Gasteiger partial charge >= 0.3 is 0 Å². The van der Waals surface area contributed by atoms with Crippen LogP contribution in [0.4, 0.5) is 0 Å². The number of carbonyl (C=O) groups is 1. The Morgan fingerprint density at radius 2 is 1.81 bits per heavy atom. The second-order valence-electron chi connectivity index (χ2n) is 5.44. The number of piperidine rings is 1. The van der Waals surface area contributed by atoms with Crippen LogP contribution in [0.2, 0.25) is 5.02 Å². The Hall–Kier alpha value is -1.74. The Balaban J connectivity index is 1.87. The first-order chi connectivity index (χ1) is 10.1. The number of hydrogen-bond donors (Lipinski definition) is 0. The predicted octanol–water partition coefficient (Wildman–Crippen LogP) is 4.53. The highest BCUT2D eigenvalue weighted by Gasteiger charge is 2.22. The molecule has 21 heavy (non-hydrogen) atoms. The summed E-state index contributed by atoms with van der Waals surface area (Å²) in [6.07, 6.45) is 3.39. The average molecular weight is 304 g/mol. The zero-order valence-electron chi connectivity index (χ0n) is 12.1. The summed E-state index contributed by atoms with van der Waals surface area (Å²) < 4.78 is 5.76. The summed E-state index contributed by atoms with van der Waals surface area (Å²) in [6.45, 7) is 3.54. The fourth-order valence-electron chi connectivity index (χ4n) is 2.72. The lowest BCUT2D eigenvalue weighted by Gasteiger charge is -2.26. The third-order valence-electron chi connectivity index (χ3n) is 3.92. The van der Waals surface area contributed by atoms with Crippen molar-refractivity contribution in [2.24, 2.45) is 0 Å². The maximum atomic E-state index is 12.6. The van der Waals surface area contributed by atoms with Gasteiger partial charge in [0.05, 0.1) is 5.56 Å². The van der Waals surface area contributed by atoms with Gasteiger partial charge in [-0.15, -0.1) is 0 Å². The summed E-state index contributed by atoms with van der Waals surface area (Å²) in [6, 6.07) is 9.28. The lowest BCUT2D eigenvalue weighted by atomic mass is 10.1. The van der Waals surface area contributed by atoms with Crippen LogP contribution in [0, 0.1) is 6.92 Å². The molecule has 0 N–H and O–H groups in total. The molecule has 1 fully saturated rings. The van der Waals surface area contributed by atoms with E-state index < -0.39 is 0 Å². The predicted molar refractivity (Wildman–Crippen MR) is 83.6 cm³/mol. The molecular weight excluding hydrogens is 286 g/mol. The summed E-state index contributed by atoms with van der Waals surface area (Å²) in [7, 11) is 0. The van der Waals surface area contributed by atoms with E-state index in [1.807, 2.05) is 42.2 Å². The van der Waals surface area contributed by atoms with Crippen LogP contribution in [0.15, 0.2) is 34.7 Å². The molecule has 4 heteroatoms. The lowest BCUT2D eigenvalue weighted by Crippen LogP contribution is -2.35. The van der Waals surface area contributed by atoms with E-state index in [4.69, 9.17) is 16.0 Å². The number of aryl methyl sites for hydroxylation is 1. The van der Waals surface area contributed by atoms with Crippen molar-refractivity contribution < 1.29 is 9.21 Å². The zero-order chi connectivity index (χ0) is 14.8. The van der Waals surface area contributed by atoms with Crippen LogP contribution in [-0.2, 0) is 0 Å². The number of carbonyl (C=O) groups excluding carboxylic acids is 1. The van der Waals surface area contributed by atoms with Crippen molar-refractivity contribution in [1.82, 2.24) is 4.90 Å². The molecule has 0 unspecified atom stereocenters. The lowest BCUT2D eigenvalue weighted by molar-refractivity contribution is 0.0722. The van der Waals surface area contributed by atoms with Crippen molar-refractivity contribution in [2.75, 3.05) is 13.1 Å². The standard InChI is InChI=1S/C17H18ClNO2/c1-12-15(17(20)19-9-3-2-4-10-19)11-16(21-12)13-5-7-14(18)8-6-13/h5-8,11H,2-4,9-10H2,1H3. The van der Waals surface area contributed by atoms with Gasteiger partial charge in [0.1, 0.15) is 11.5 Å². The molecular formula is C17H18ClNO2. The molecule has 1 amide bonds. The summed E-state index contributed by atoms with van der Waals surface area (Å²) in [5.74, 6) is 1.47. The van der Waals surface area contributed by atoms with E-state index >= 15 is 0 Å². The van der Waals surface area contributed by atoms with Gasteiger partial charge in [-0.1, -0.05) is 11.6 Å². The Morgan fingerprint density at radius 3 is 2.48 bits per heavy atom. The zero-order valence-corrected chi connectivity index (χ0v) is 12.8. The summed E-state index contributed by atoms with van der Waals surface area (Å²) >= 11 is 5.90. The molecule has 0 atom stereocenters. The second kappa shape index (κ2) is 5.94. The normalized spacial score (nSPS) is 15.2. The fraction of sp³-hybridized carbons (Fsp3) is 0.353. The minimum atomic E-state index is 0.0798. The number of rotatable bonds is 2. The minimum absolute atomic E-state index is 0.0798. The first-order valence-electron chi connectivity index (χ1n) is 7.31. The number of likely N-dealkylation sites (tertiary alicyclic amines) is 1. The molecule has 0 saturated carbocycles. The van der Waals surface area contributed by atoms with E-state index in [0.29, 0.717) is 22.1 Å². The van der Waals surface area contributed by atoms with E-state index in [9.17, 15) is 4.79 Å². The largest absolute Gasteiger partial charge is 0.461 e. The maximum Gasteiger partial charge on any atom is 0.257 e. The van der Waals surface area contributed by atoms with Gasteiger partial charge < -0.3 is 9.32 Å². The first kappa shape index (κ1) is 14.2. The Labute approximate surface area is 129 Å². The topological polar surface area (TPSA) is 33.5 Å². The van der Waals surface area contributed by atoms with Crippen molar-refractivity contribution >= 4 is 17.5 Å². The third-order valence-corrected chi connectivity index (χ3v) is 4.17. The molecule has 0 spiro atoms. The van der Waals surface area contributed by atoms with Crippen molar-refractivity contribution in [1.29, 1.82) is 0 Å². The van der Waals surface area contributed by atoms with Crippen LogP contribution in [0.25, 0.3) is 11.3 Å². The quantitative estimate of drug-likeness (QED) is 0.816. The number of furan rings is 1. The average Bonchev–Trinajstić information content (AvgIpc) is 2.90. The molecule has 3 rings (SSSR count).